The molecular formula is C24H21F4N5O2. The topological polar surface area (TPSA) is 91.5 Å². The SMILES string of the molecule is C1CC1.O=C(O)Nc1nc2cccc(-c3ccc(CNc4cc(C(F)(F)F)ccc4F)cc3)n2n1. The van der Waals surface area contributed by atoms with Gasteiger partial charge >= 0.3 is 12.3 Å². The monoisotopic (exact) mass is 487 g/mol. The van der Waals surface area contributed by atoms with Gasteiger partial charge in [0, 0.05) is 12.1 Å². The number of carboxylic acid groups (broad SMARTS) is 1. The molecule has 0 spiro atoms. The van der Waals surface area contributed by atoms with Crippen molar-refractivity contribution in [1.29, 1.82) is 0 Å². The van der Waals surface area contributed by atoms with E-state index in [1.165, 1.54) is 23.8 Å². The van der Waals surface area contributed by atoms with Gasteiger partial charge in [-0.05, 0) is 35.9 Å². The number of halogens is 4. The molecule has 1 aliphatic carbocycles. The summed E-state index contributed by atoms with van der Waals surface area (Å²) in [5.41, 5.74) is 1.37. The quantitative estimate of drug-likeness (QED) is 0.282. The van der Waals surface area contributed by atoms with Crippen LogP contribution in [0.1, 0.15) is 30.4 Å². The van der Waals surface area contributed by atoms with Crippen LogP contribution in [-0.4, -0.2) is 25.8 Å². The van der Waals surface area contributed by atoms with E-state index in [9.17, 15) is 22.4 Å². The van der Waals surface area contributed by atoms with Gasteiger partial charge in [-0.1, -0.05) is 49.6 Å². The Morgan fingerprint density at radius 3 is 2.37 bits per heavy atom. The van der Waals surface area contributed by atoms with E-state index in [4.69, 9.17) is 5.11 Å². The van der Waals surface area contributed by atoms with Crippen molar-refractivity contribution in [2.45, 2.75) is 32.0 Å². The fraction of sp³-hybridized carbons (Fsp3) is 0.208. The molecule has 11 heteroatoms. The van der Waals surface area contributed by atoms with Crippen LogP contribution in [0.25, 0.3) is 16.9 Å². The highest BCUT2D eigenvalue weighted by Gasteiger charge is 2.31. The normalized spacial score (nSPS) is 12.6. The molecule has 1 fully saturated rings. The highest BCUT2D eigenvalue weighted by molar-refractivity contribution is 5.80. The number of fused-ring (bicyclic) bond motifs is 1. The molecule has 1 amide bonds. The molecule has 35 heavy (non-hydrogen) atoms. The lowest BCUT2D eigenvalue weighted by molar-refractivity contribution is -0.137. The van der Waals surface area contributed by atoms with Crippen molar-refractivity contribution in [2.75, 3.05) is 10.6 Å². The first-order valence-electron chi connectivity index (χ1n) is 10.8. The van der Waals surface area contributed by atoms with Crippen LogP contribution < -0.4 is 10.6 Å². The average molecular weight is 487 g/mol. The Bertz CT molecular complexity index is 1330. The molecule has 2 heterocycles. The minimum absolute atomic E-state index is 0.0612. The number of rotatable bonds is 5. The third kappa shape index (κ3) is 6.25. The van der Waals surface area contributed by atoms with Gasteiger partial charge in [0.05, 0.1) is 16.9 Å². The molecule has 1 saturated carbocycles. The van der Waals surface area contributed by atoms with Gasteiger partial charge in [-0.25, -0.2) is 13.7 Å². The molecular weight excluding hydrogens is 466 g/mol. The smallest absolute Gasteiger partial charge is 0.416 e. The predicted molar refractivity (Wildman–Crippen MR) is 123 cm³/mol. The third-order valence-electron chi connectivity index (χ3n) is 4.96. The number of alkyl halides is 3. The first-order valence-corrected chi connectivity index (χ1v) is 10.8. The second kappa shape index (κ2) is 10.00. The number of pyridine rings is 1. The lowest BCUT2D eigenvalue weighted by Gasteiger charge is -2.12. The Kier molecular flexibility index (Phi) is 6.85. The van der Waals surface area contributed by atoms with Gasteiger partial charge < -0.3 is 10.4 Å². The van der Waals surface area contributed by atoms with Gasteiger partial charge in [0.25, 0.3) is 5.95 Å². The maximum Gasteiger partial charge on any atom is 0.416 e. The number of anilines is 2. The zero-order valence-electron chi connectivity index (χ0n) is 18.3. The average Bonchev–Trinajstić information content (AvgIpc) is 3.64. The molecule has 2 aromatic heterocycles. The molecule has 1 aliphatic rings. The van der Waals surface area contributed by atoms with Gasteiger partial charge in [-0.3, -0.25) is 5.32 Å². The summed E-state index contributed by atoms with van der Waals surface area (Å²) in [6.07, 6.45) is -1.34. The summed E-state index contributed by atoms with van der Waals surface area (Å²) >= 11 is 0. The van der Waals surface area contributed by atoms with Crippen molar-refractivity contribution in [3.63, 3.8) is 0 Å². The Labute approximate surface area is 197 Å². The van der Waals surface area contributed by atoms with Crippen LogP contribution in [0, 0.1) is 5.82 Å². The molecule has 7 nitrogen and oxygen atoms in total. The summed E-state index contributed by atoms with van der Waals surface area (Å²) in [4.78, 5) is 14.9. The molecule has 0 unspecified atom stereocenters. The maximum absolute atomic E-state index is 13.9. The van der Waals surface area contributed by atoms with Crippen molar-refractivity contribution in [3.05, 3.63) is 77.6 Å². The van der Waals surface area contributed by atoms with E-state index in [0.29, 0.717) is 23.0 Å². The number of aromatic nitrogens is 3. The van der Waals surface area contributed by atoms with E-state index in [0.717, 1.165) is 17.7 Å². The van der Waals surface area contributed by atoms with Gasteiger partial charge in [0.15, 0.2) is 5.65 Å². The molecule has 5 rings (SSSR count). The number of hydrogen-bond donors (Lipinski definition) is 3. The van der Waals surface area contributed by atoms with Crippen molar-refractivity contribution < 1.29 is 27.5 Å². The summed E-state index contributed by atoms with van der Waals surface area (Å²) in [7, 11) is 0. The standard InChI is InChI=1S/C21H15F4N5O2.C3H6/c22-15-9-8-14(21(23,24)25)10-16(15)26-11-12-4-6-13(7-5-12)17-2-1-3-18-27-19(28-20(31)32)29-30(17)18;1-2-3-1/h1-10,26H,11H2,(H,28,29)(H,31,32);1-3H2. The summed E-state index contributed by atoms with van der Waals surface area (Å²) < 4.78 is 53.9. The minimum Gasteiger partial charge on any atom is -0.465 e. The van der Waals surface area contributed by atoms with Crippen molar-refractivity contribution in [1.82, 2.24) is 14.6 Å². The first-order chi connectivity index (χ1) is 16.7. The number of nitrogens with zero attached hydrogens (tertiary/aromatic N) is 3. The van der Waals surface area contributed by atoms with Crippen LogP contribution in [0.4, 0.5) is 34.0 Å². The lowest BCUT2D eigenvalue weighted by Crippen LogP contribution is -2.08. The predicted octanol–water partition coefficient (Wildman–Crippen LogP) is 6.43. The van der Waals surface area contributed by atoms with E-state index in [-0.39, 0.29) is 18.2 Å². The Balaban J connectivity index is 0.000000894. The number of carbonyl (C=O) groups is 1. The van der Waals surface area contributed by atoms with E-state index < -0.39 is 23.7 Å². The second-order valence-corrected chi connectivity index (χ2v) is 7.85. The Morgan fingerprint density at radius 1 is 1.03 bits per heavy atom. The Hall–Kier alpha value is -4.15. The fourth-order valence-electron chi connectivity index (χ4n) is 3.10. The summed E-state index contributed by atoms with van der Waals surface area (Å²) in [5.74, 6) is -0.841. The zero-order chi connectivity index (χ0) is 25.0. The van der Waals surface area contributed by atoms with Gasteiger partial charge in [-0.15, -0.1) is 5.10 Å². The molecule has 0 radical (unpaired) electrons. The second-order valence-electron chi connectivity index (χ2n) is 7.85. The van der Waals surface area contributed by atoms with Gasteiger partial charge in [-0.2, -0.15) is 18.2 Å². The fourth-order valence-corrected chi connectivity index (χ4v) is 3.10. The Morgan fingerprint density at radius 2 is 1.74 bits per heavy atom. The zero-order valence-corrected chi connectivity index (χ0v) is 18.3. The van der Waals surface area contributed by atoms with E-state index in [1.807, 2.05) is 0 Å². The van der Waals surface area contributed by atoms with Gasteiger partial charge in [0.1, 0.15) is 5.82 Å². The number of benzene rings is 2. The highest BCUT2D eigenvalue weighted by Crippen LogP contribution is 2.32. The highest BCUT2D eigenvalue weighted by atomic mass is 19.4. The maximum atomic E-state index is 13.9. The number of nitrogens with one attached hydrogen (secondary N) is 2. The number of amides is 1. The van der Waals surface area contributed by atoms with Crippen LogP contribution in [0.2, 0.25) is 0 Å². The largest absolute Gasteiger partial charge is 0.465 e. The van der Waals surface area contributed by atoms with Crippen LogP contribution in [0.15, 0.2) is 60.7 Å². The summed E-state index contributed by atoms with van der Waals surface area (Å²) in [5, 5.41) is 17.7. The first kappa shape index (κ1) is 24.0. The summed E-state index contributed by atoms with van der Waals surface area (Å²) in [6.45, 7) is 0.110. The molecule has 0 bridgehead atoms. The van der Waals surface area contributed by atoms with Crippen LogP contribution in [0.5, 0.6) is 0 Å². The molecule has 0 atom stereocenters. The molecule has 3 N–H and O–H groups in total. The minimum atomic E-state index is -4.56. The molecule has 4 aromatic rings. The van der Waals surface area contributed by atoms with Crippen LogP contribution in [-0.2, 0) is 12.7 Å². The molecule has 182 valence electrons. The van der Waals surface area contributed by atoms with E-state index in [2.05, 4.69) is 20.7 Å². The molecule has 0 saturated heterocycles. The third-order valence-corrected chi connectivity index (χ3v) is 4.96. The van der Waals surface area contributed by atoms with Gasteiger partial charge in [0.2, 0.25) is 0 Å². The molecule has 0 aliphatic heterocycles. The molecule has 2 aromatic carbocycles. The van der Waals surface area contributed by atoms with Crippen molar-refractivity contribution in [3.8, 4) is 11.3 Å². The van der Waals surface area contributed by atoms with Crippen LogP contribution >= 0.6 is 0 Å². The lowest BCUT2D eigenvalue weighted by atomic mass is 10.1. The van der Waals surface area contributed by atoms with Crippen molar-refractivity contribution in [2.24, 2.45) is 0 Å². The number of hydrogen-bond acceptors (Lipinski definition) is 4. The van der Waals surface area contributed by atoms with E-state index in [1.54, 1.807) is 42.5 Å². The van der Waals surface area contributed by atoms with E-state index >= 15 is 0 Å². The van der Waals surface area contributed by atoms with Crippen molar-refractivity contribution >= 4 is 23.4 Å². The summed E-state index contributed by atoms with van der Waals surface area (Å²) in [6, 6.07) is 14.4. The van der Waals surface area contributed by atoms with Crippen LogP contribution in [0.3, 0.4) is 0 Å².